The van der Waals surface area contributed by atoms with E-state index in [1.54, 1.807) is 0 Å². The zero-order valence-electron chi connectivity index (χ0n) is 18.4. The van der Waals surface area contributed by atoms with Gasteiger partial charge in [0.1, 0.15) is 12.4 Å². The highest BCUT2D eigenvalue weighted by atomic mass is 16.5. The van der Waals surface area contributed by atoms with E-state index in [2.05, 4.69) is 40.7 Å². The van der Waals surface area contributed by atoms with E-state index in [1.807, 2.05) is 11.8 Å². The number of aliphatic imine (C=N–C) groups is 1. The minimum atomic E-state index is 0.135. The van der Waals surface area contributed by atoms with Crippen molar-refractivity contribution in [2.45, 2.75) is 58.6 Å². The van der Waals surface area contributed by atoms with Crippen molar-refractivity contribution in [2.75, 3.05) is 39.4 Å². The van der Waals surface area contributed by atoms with Crippen molar-refractivity contribution in [2.24, 2.45) is 4.99 Å². The Kier molecular flexibility index (Phi) is 8.81. The molecule has 166 valence electrons. The van der Waals surface area contributed by atoms with Crippen molar-refractivity contribution >= 4 is 11.9 Å². The highest BCUT2D eigenvalue weighted by Crippen LogP contribution is 2.23. The second-order valence-electron chi connectivity index (χ2n) is 8.05. The number of hydrogen-bond donors (Lipinski definition) is 2. The Labute approximate surface area is 180 Å². The summed E-state index contributed by atoms with van der Waals surface area (Å²) >= 11 is 0. The SMILES string of the molecule is CCNC(=NCc1ccc(C)cc1OCC1CCCO1)NCC(=O)N1CCCCC1. The molecule has 0 radical (unpaired) electrons. The number of carbonyl (C=O) groups excluding carboxylic acids is 1. The molecule has 7 nitrogen and oxygen atoms in total. The maximum Gasteiger partial charge on any atom is 0.241 e. The molecule has 1 unspecified atom stereocenters. The molecule has 1 aromatic rings. The minimum Gasteiger partial charge on any atom is -0.491 e. The third-order valence-corrected chi connectivity index (χ3v) is 5.54. The average molecular weight is 417 g/mol. The summed E-state index contributed by atoms with van der Waals surface area (Å²) in [5.41, 5.74) is 2.18. The van der Waals surface area contributed by atoms with Gasteiger partial charge in [-0.05, 0) is 57.6 Å². The summed E-state index contributed by atoms with van der Waals surface area (Å²) in [5, 5.41) is 6.41. The van der Waals surface area contributed by atoms with Gasteiger partial charge in [0.05, 0.1) is 19.2 Å². The first kappa shape index (κ1) is 22.4. The number of likely N-dealkylation sites (tertiary alicyclic amines) is 1. The molecule has 1 atom stereocenters. The number of hydrogen-bond acceptors (Lipinski definition) is 4. The molecule has 2 N–H and O–H groups in total. The van der Waals surface area contributed by atoms with Gasteiger partial charge in [0.15, 0.2) is 5.96 Å². The minimum absolute atomic E-state index is 0.135. The second kappa shape index (κ2) is 11.8. The Morgan fingerprint density at radius 1 is 1.23 bits per heavy atom. The van der Waals surface area contributed by atoms with Crippen molar-refractivity contribution in [1.29, 1.82) is 0 Å². The van der Waals surface area contributed by atoms with Gasteiger partial charge in [-0.1, -0.05) is 12.1 Å². The van der Waals surface area contributed by atoms with E-state index in [4.69, 9.17) is 9.47 Å². The summed E-state index contributed by atoms with van der Waals surface area (Å²) in [7, 11) is 0. The smallest absolute Gasteiger partial charge is 0.241 e. The van der Waals surface area contributed by atoms with Gasteiger partial charge in [-0.15, -0.1) is 0 Å². The van der Waals surface area contributed by atoms with E-state index in [0.717, 1.165) is 68.8 Å². The molecule has 0 saturated carbocycles. The molecule has 0 bridgehead atoms. The van der Waals surface area contributed by atoms with Crippen molar-refractivity contribution in [3.63, 3.8) is 0 Å². The molecule has 2 heterocycles. The number of nitrogens with one attached hydrogen (secondary N) is 2. The van der Waals surface area contributed by atoms with Gasteiger partial charge in [-0.25, -0.2) is 4.99 Å². The Morgan fingerprint density at radius 3 is 2.80 bits per heavy atom. The maximum atomic E-state index is 12.4. The van der Waals surface area contributed by atoms with Crippen LogP contribution in [0.3, 0.4) is 0 Å². The lowest BCUT2D eigenvalue weighted by atomic mass is 10.1. The van der Waals surface area contributed by atoms with Crippen molar-refractivity contribution in [1.82, 2.24) is 15.5 Å². The van der Waals surface area contributed by atoms with Crippen LogP contribution < -0.4 is 15.4 Å². The number of carbonyl (C=O) groups is 1. The van der Waals surface area contributed by atoms with Crippen molar-refractivity contribution in [3.05, 3.63) is 29.3 Å². The van der Waals surface area contributed by atoms with Gasteiger partial charge in [0.25, 0.3) is 0 Å². The van der Waals surface area contributed by atoms with E-state index in [-0.39, 0.29) is 18.6 Å². The van der Waals surface area contributed by atoms with Crippen molar-refractivity contribution < 1.29 is 14.3 Å². The molecular formula is C23H36N4O3. The summed E-state index contributed by atoms with van der Waals surface area (Å²) in [6.07, 6.45) is 5.76. The Bertz CT molecular complexity index is 710. The fourth-order valence-electron chi connectivity index (χ4n) is 3.81. The van der Waals surface area contributed by atoms with Crippen LogP contribution in [0.5, 0.6) is 5.75 Å². The zero-order chi connectivity index (χ0) is 21.2. The number of ether oxygens (including phenoxy) is 2. The van der Waals surface area contributed by atoms with Crippen molar-refractivity contribution in [3.8, 4) is 5.75 Å². The predicted molar refractivity (Wildman–Crippen MR) is 119 cm³/mol. The Hall–Kier alpha value is -2.28. The lowest BCUT2D eigenvalue weighted by Crippen LogP contribution is -2.46. The molecule has 0 spiro atoms. The summed E-state index contributed by atoms with van der Waals surface area (Å²) in [6, 6.07) is 6.19. The molecule has 2 aliphatic rings. The average Bonchev–Trinajstić information content (AvgIpc) is 3.29. The van der Waals surface area contributed by atoms with Gasteiger partial charge in [-0.2, -0.15) is 0 Å². The lowest BCUT2D eigenvalue weighted by molar-refractivity contribution is -0.130. The topological polar surface area (TPSA) is 75.2 Å². The first-order chi connectivity index (χ1) is 14.7. The predicted octanol–water partition coefficient (Wildman–Crippen LogP) is 2.62. The fraction of sp³-hybridized carbons (Fsp3) is 0.652. The number of rotatable bonds is 8. The molecule has 1 aromatic carbocycles. The van der Waals surface area contributed by atoms with Gasteiger partial charge in [0, 0.05) is 31.8 Å². The molecule has 2 aliphatic heterocycles. The van der Waals surface area contributed by atoms with E-state index in [0.29, 0.717) is 19.1 Å². The largest absolute Gasteiger partial charge is 0.491 e. The quantitative estimate of drug-likeness (QED) is 0.503. The molecule has 3 rings (SSSR count). The Balaban J connectivity index is 1.58. The molecule has 2 saturated heterocycles. The third-order valence-electron chi connectivity index (χ3n) is 5.54. The van der Waals surface area contributed by atoms with Crippen LogP contribution in [0.1, 0.15) is 50.2 Å². The highest BCUT2D eigenvalue weighted by molar-refractivity contribution is 5.86. The monoisotopic (exact) mass is 416 g/mol. The van der Waals surface area contributed by atoms with Crippen LogP contribution >= 0.6 is 0 Å². The summed E-state index contributed by atoms with van der Waals surface area (Å²) in [5.74, 6) is 1.64. The maximum absolute atomic E-state index is 12.4. The van der Waals surface area contributed by atoms with E-state index in [1.165, 1.54) is 6.42 Å². The molecule has 0 aromatic heterocycles. The number of benzene rings is 1. The van der Waals surface area contributed by atoms with E-state index in [9.17, 15) is 4.79 Å². The third kappa shape index (κ3) is 6.90. The molecule has 1 amide bonds. The van der Waals surface area contributed by atoms with Gasteiger partial charge in [-0.3, -0.25) is 4.79 Å². The first-order valence-corrected chi connectivity index (χ1v) is 11.3. The van der Waals surface area contributed by atoms with Crippen LogP contribution in [0, 0.1) is 6.92 Å². The molecular weight excluding hydrogens is 380 g/mol. The van der Waals surface area contributed by atoms with Crippen LogP contribution in [-0.2, 0) is 16.1 Å². The number of nitrogens with zero attached hydrogens (tertiary/aromatic N) is 2. The lowest BCUT2D eigenvalue weighted by Gasteiger charge is -2.27. The molecule has 0 aliphatic carbocycles. The number of amides is 1. The molecule has 30 heavy (non-hydrogen) atoms. The van der Waals surface area contributed by atoms with E-state index < -0.39 is 0 Å². The standard InChI is InChI=1S/C23H36N4O3/c1-3-24-23(26-16-22(28)27-11-5-4-6-12-27)25-15-19-10-9-18(2)14-21(19)30-17-20-8-7-13-29-20/h9-10,14,20H,3-8,11-13,15-17H2,1-2H3,(H2,24,25,26). The zero-order valence-corrected chi connectivity index (χ0v) is 18.4. The Morgan fingerprint density at radius 2 is 2.07 bits per heavy atom. The number of guanidine groups is 1. The van der Waals surface area contributed by atoms with Crippen LogP contribution in [0.4, 0.5) is 0 Å². The second-order valence-corrected chi connectivity index (χ2v) is 8.05. The first-order valence-electron chi connectivity index (χ1n) is 11.3. The van der Waals surface area contributed by atoms with Crippen LogP contribution in [0.25, 0.3) is 0 Å². The fourth-order valence-corrected chi connectivity index (χ4v) is 3.81. The van der Waals surface area contributed by atoms with Crippen LogP contribution in [-0.4, -0.2) is 62.3 Å². The summed E-state index contributed by atoms with van der Waals surface area (Å²) < 4.78 is 11.7. The number of aryl methyl sites for hydroxylation is 1. The van der Waals surface area contributed by atoms with Gasteiger partial charge >= 0.3 is 0 Å². The van der Waals surface area contributed by atoms with Crippen LogP contribution in [0.15, 0.2) is 23.2 Å². The van der Waals surface area contributed by atoms with Gasteiger partial charge in [0.2, 0.25) is 5.91 Å². The van der Waals surface area contributed by atoms with Crippen LogP contribution in [0.2, 0.25) is 0 Å². The molecule has 2 fully saturated rings. The van der Waals surface area contributed by atoms with E-state index >= 15 is 0 Å². The van der Waals surface area contributed by atoms with Gasteiger partial charge < -0.3 is 25.0 Å². The summed E-state index contributed by atoms with van der Waals surface area (Å²) in [6.45, 7) is 8.69. The number of piperidine rings is 1. The highest BCUT2D eigenvalue weighted by Gasteiger charge is 2.18. The normalized spacial score (nSPS) is 19.6. The molecule has 7 heteroatoms. The summed E-state index contributed by atoms with van der Waals surface area (Å²) in [4.78, 5) is 19.1.